The van der Waals surface area contributed by atoms with Crippen molar-refractivity contribution in [2.24, 2.45) is 0 Å². The summed E-state index contributed by atoms with van der Waals surface area (Å²) in [5.41, 5.74) is -0.838. The summed E-state index contributed by atoms with van der Waals surface area (Å²) in [6.07, 6.45) is 0.460. The van der Waals surface area contributed by atoms with Gasteiger partial charge in [0.2, 0.25) is 5.75 Å². The molecule has 0 saturated heterocycles. The lowest BCUT2D eigenvalue weighted by Crippen LogP contribution is -2.34. The zero-order chi connectivity index (χ0) is 23.9. The van der Waals surface area contributed by atoms with Gasteiger partial charge in [-0.2, -0.15) is 0 Å². The molecule has 0 spiro atoms. The molecule has 0 fully saturated rings. The van der Waals surface area contributed by atoms with E-state index in [9.17, 15) is 19.1 Å². The fraction of sp³-hybridized carbons (Fsp3) is 0.429. The molecule has 1 aliphatic heterocycles. The van der Waals surface area contributed by atoms with Crippen molar-refractivity contribution in [2.75, 3.05) is 13.7 Å². The van der Waals surface area contributed by atoms with E-state index in [-0.39, 0.29) is 24.2 Å². The van der Waals surface area contributed by atoms with E-state index in [1.165, 1.54) is 23.6 Å². The summed E-state index contributed by atoms with van der Waals surface area (Å²) in [7, 11) is 4.27. The van der Waals surface area contributed by atoms with Crippen LogP contribution in [0.1, 0.15) is 55.7 Å². The van der Waals surface area contributed by atoms with Crippen LogP contribution < -0.4 is 10.9 Å². The Morgan fingerprint density at radius 3 is 2.35 bits per heavy atom. The lowest BCUT2D eigenvalue weighted by molar-refractivity contribution is -0.106. The molecule has 10 heteroatoms. The maximum atomic E-state index is 12.9. The highest BCUT2D eigenvalue weighted by Gasteiger charge is 2.43. The summed E-state index contributed by atoms with van der Waals surface area (Å²) in [6.45, 7) is 9.10. The predicted molar refractivity (Wildman–Crippen MR) is 121 cm³/mol. The second kappa shape index (κ2) is 11.1. The Morgan fingerprint density at radius 1 is 1.32 bits per heavy atom. The number of hydrogen-bond acceptors (Lipinski definition) is 6. The lowest BCUT2D eigenvalue weighted by atomic mass is 10.0. The number of aromatic hydroxyl groups is 1. The molecule has 1 aromatic carbocycles. The number of halogens is 1. The van der Waals surface area contributed by atoms with Gasteiger partial charge in [-0.1, -0.05) is 18.8 Å². The molecular weight excluding hydrogens is 422 g/mol. The number of benzene rings is 1. The molecule has 1 amide bonds. The third-order valence-corrected chi connectivity index (χ3v) is 5.04. The number of nitrogens with one attached hydrogen (secondary N) is 1. The van der Waals surface area contributed by atoms with Crippen LogP contribution in [0.3, 0.4) is 0 Å². The fourth-order valence-electron chi connectivity index (χ4n) is 3.13. The van der Waals surface area contributed by atoms with Crippen LogP contribution in [0.2, 0.25) is 0 Å². The van der Waals surface area contributed by atoms with Gasteiger partial charge in [0.1, 0.15) is 17.9 Å². The van der Waals surface area contributed by atoms with E-state index in [0.29, 0.717) is 11.4 Å². The molecule has 0 saturated carbocycles. The third kappa shape index (κ3) is 5.54. The highest BCUT2D eigenvalue weighted by Crippen LogP contribution is 2.37. The first-order valence-electron chi connectivity index (χ1n) is 9.65. The van der Waals surface area contributed by atoms with Gasteiger partial charge in [-0.15, -0.1) is 9.24 Å². The quantitative estimate of drug-likeness (QED) is 0.548. The molecule has 1 aromatic heterocycles. The van der Waals surface area contributed by atoms with Gasteiger partial charge >= 0.3 is 0 Å². The molecule has 2 heterocycles. The zero-order valence-electron chi connectivity index (χ0n) is 18.6. The van der Waals surface area contributed by atoms with E-state index in [0.717, 1.165) is 6.29 Å². The van der Waals surface area contributed by atoms with Gasteiger partial charge in [-0.25, -0.2) is 9.37 Å². The summed E-state index contributed by atoms with van der Waals surface area (Å²) >= 11 is 0. The first kappa shape index (κ1) is 26.4. The maximum Gasteiger partial charge on any atom is 0.297 e. The molecule has 0 aliphatic carbocycles. The third-order valence-electron chi connectivity index (χ3n) is 5.04. The van der Waals surface area contributed by atoms with Crippen LogP contribution in [0.25, 0.3) is 0 Å². The largest absolute Gasteiger partial charge is 0.501 e. The number of nitrogens with zero attached hydrogens (tertiary/aromatic N) is 3. The first-order valence-corrected chi connectivity index (χ1v) is 10.8. The van der Waals surface area contributed by atoms with Crippen molar-refractivity contribution in [2.45, 2.75) is 45.9 Å². The van der Waals surface area contributed by atoms with Crippen LogP contribution in [-0.2, 0) is 16.9 Å². The van der Waals surface area contributed by atoms with Gasteiger partial charge in [0.25, 0.3) is 11.5 Å². The molecule has 2 aromatic rings. The number of rotatable bonds is 3. The minimum Gasteiger partial charge on any atom is -0.501 e. The van der Waals surface area contributed by atoms with E-state index in [2.05, 4.69) is 19.5 Å². The number of hydrogen-bond donors (Lipinski definition) is 2. The van der Waals surface area contributed by atoms with E-state index in [4.69, 9.17) is 4.79 Å². The number of carbonyl (C=O) groups is 2. The number of carbonyl (C=O) groups excluding carboxylic acids is 2. The standard InChI is InChI=1S/C18H21FN4O3.C2H4O.CH5P/c1-10-22(4)18(2,3)17-21-13(14(24)16(26)23(10)17)15(25)20-9-11-5-7-12(19)8-6-11;1-2-3;1-2/h5-8,10,24H,9H2,1-4H3,(H,20,25);2H,1H3;2H2,1H3. The van der Waals surface area contributed by atoms with E-state index in [1.54, 1.807) is 12.1 Å². The Morgan fingerprint density at radius 2 is 1.84 bits per heavy atom. The minimum absolute atomic E-state index is 0.123. The Labute approximate surface area is 183 Å². The van der Waals surface area contributed by atoms with Crippen molar-refractivity contribution in [3.63, 3.8) is 0 Å². The van der Waals surface area contributed by atoms with E-state index < -0.39 is 22.8 Å². The molecule has 3 rings (SSSR count). The summed E-state index contributed by atoms with van der Waals surface area (Å²) < 4.78 is 14.3. The van der Waals surface area contributed by atoms with Crippen LogP contribution >= 0.6 is 9.24 Å². The van der Waals surface area contributed by atoms with Crippen LogP contribution in [0.15, 0.2) is 29.1 Å². The second-order valence-corrected chi connectivity index (χ2v) is 7.15. The molecular formula is C21H30FN4O4P. The van der Waals surface area contributed by atoms with Crippen molar-refractivity contribution in [1.82, 2.24) is 19.8 Å². The highest BCUT2D eigenvalue weighted by molar-refractivity contribution is 7.15. The minimum atomic E-state index is -0.677. The van der Waals surface area contributed by atoms with Gasteiger partial charge in [0, 0.05) is 6.54 Å². The average molecular weight is 452 g/mol. The zero-order valence-corrected chi connectivity index (χ0v) is 19.8. The van der Waals surface area contributed by atoms with Crippen molar-refractivity contribution >= 4 is 21.4 Å². The summed E-state index contributed by atoms with van der Waals surface area (Å²) in [4.78, 5) is 40.1. The molecule has 2 atom stereocenters. The van der Waals surface area contributed by atoms with Gasteiger partial charge in [0.05, 0.1) is 11.7 Å². The molecule has 1 aliphatic rings. The van der Waals surface area contributed by atoms with Crippen molar-refractivity contribution in [1.29, 1.82) is 0 Å². The van der Waals surface area contributed by atoms with Crippen LogP contribution in [0.4, 0.5) is 4.39 Å². The summed E-state index contributed by atoms with van der Waals surface area (Å²) in [5.74, 6) is -1.29. The molecule has 0 bridgehead atoms. The van der Waals surface area contributed by atoms with Crippen LogP contribution in [0, 0.1) is 5.82 Å². The fourth-order valence-corrected chi connectivity index (χ4v) is 3.13. The van der Waals surface area contributed by atoms with Gasteiger partial charge in [-0.05, 0) is 52.4 Å². The first-order chi connectivity index (χ1) is 14.6. The van der Waals surface area contributed by atoms with Crippen LogP contribution in [0.5, 0.6) is 5.75 Å². The topological polar surface area (TPSA) is 105 Å². The van der Waals surface area contributed by atoms with Gasteiger partial charge in [0.15, 0.2) is 5.69 Å². The Bertz CT molecular complexity index is 977. The smallest absolute Gasteiger partial charge is 0.297 e. The van der Waals surface area contributed by atoms with Crippen molar-refractivity contribution < 1.29 is 19.1 Å². The SMILES string of the molecule is CC1N(C)C(C)(C)c2nc(C(=O)NCc3ccc(F)cc3)c(O)c(=O)n21.CC=O.CP. The van der Waals surface area contributed by atoms with Crippen LogP contribution in [-0.4, -0.2) is 45.5 Å². The number of fused-ring (bicyclic) bond motifs is 1. The number of aromatic nitrogens is 2. The lowest BCUT2D eigenvalue weighted by Gasteiger charge is -2.28. The van der Waals surface area contributed by atoms with Crippen molar-refractivity contribution in [3.8, 4) is 5.75 Å². The maximum absolute atomic E-state index is 12.9. The predicted octanol–water partition coefficient (Wildman–Crippen LogP) is 2.41. The second-order valence-electron chi connectivity index (χ2n) is 7.15. The van der Waals surface area contributed by atoms with E-state index >= 15 is 0 Å². The normalized spacial score (nSPS) is 16.2. The highest BCUT2D eigenvalue weighted by atomic mass is 31.0. The van der Waals surface area contributed by atoms with Gasteiger partial charge < -0.3 is 15.2 Å². The molecule has 0 radical (unpaired) electrons. The Kier molecular flexibility index (Phi) is 9.46. The molecule has 2 unspecified atom stereocenters. The van der Waals surface area contributed by atoms with Gasteiger partial charge in [-0.3, -0.25) is 19.1 Å². The average Bonchev–Trinajstić information content (AvgIpc) is 2.92. The van der Waals surface area contributed by atoms with Crippen molar-refractivity contribution in [3.05, 3.63) is 57.5 Å². The molecule has 2 N–H and O–H groups in total. The number of amides is 1. The Hall–Kier alpha value is -2.64. The number of aldehydes is 1. The summed E-state index contributed by atoms with van der Waals surface area (Å²) in [5, 5.41) is 12.8. The molecule has 8 nitrogen and oxygen atoms in total. The molecule has 170 valence electrons. The van der Waals surface area contributed by atoms with E-state index in [1.807, 2.05) is 39.4 Å². The molecule has 31 heavy (non-hydrogen) atoms. The Balaban J connectivity index is 0.000000884. The monoisotopic (exact) mass is 452 g/mol. The summed E-state index contributed by atoms with van der Waals surface area (Å²) in [6, 6.07) is 5.66.